The zero-order valence-corrected chi connectivity index (χ0v) is 17.1. The van der Waals surface area contributed by atoms with E-state index in [4.69, 9.17) is 0 Å². The molecule has 2 aliphatic rings. The average molecular weight is 385 g/mol. The number of benzene rings is 1. The molecule has 2 aromatic rings. The predicted octanol–water partition coefficient (Wildman–Crippen LogP) is 4.25. The van der Waals surface area contributed by atoms with Crippen LogP contribution < -0.4 is 4.90 Å². The maximum atomic E-state index is 11.6. The number of carbonyl (C=O) groups is 1. The van der Waals surface area contributed by atoms with Crippen LogP contribution in [-0.4, -0.2) is 52.6 Å². The Morgan fingerprint density at radius 2 is 1.81 bits per heavy atom. The first-order chi connectivity index (χ1) is 13.0. The molecule has 4 rings (SSSR count). The summed E-state index contributed by atoms with van der Waals surface area (Å²) in [6, 6.07) is 7.68. The molecule has 6 heteroatoms. The topological polar surface area (TPSA) is 49.3 Å². The highest BCUT2D eigenvalue weighted by Crippen LogP contribution is 2.35. The molecular weight excluding hydrogens is 356 g/mol. The number of rotatable bonds is 4. The average Bonchev–Trinajstić information content (AvgIpc) is 3.19. The largest absolute Gasteiger partial charge is 0.347 e. The molecule has 0 unspecified atom stereocenters. The SMILES string of the molecule is CC(=O)c1cccc(-c2nnc(N3CCC(C)(N4CCCCC4)CC3)s2)c1. The highest BCUT2D eigenvalue weighted by atomic mass is 32.1. The van der Waals surface area contributed by atoms with Crippen LogP contribution in [0.1, 0.15) is 56.3 Å². The Kier molecular flexibility index (Phi) is 5.28. The van der Waals surface area contributed by atoms with Gasteiger partial charge >= 0.3 is 0 Å². The van der Waals surface area contributed by atoms with Gasteiger partial charge in [0.1, 0.15) is 5.01 Å². The van der Waals surface area contributed by atoms with Crippen molar-refractivity contribution >= 4 is 22.3 Å². The van der Waals surface area contributed by atoms with Crippen molar-refractivity contribution in [2.45, 2.75) is 51.5 Å². The molecule has 144 valence electrons. The number of hydrogen-bond acceptors (Lipinski definition) is 6. The molecule has 0 radical (unpaired) electrons. The maximum absolute atomic E-state index is 11.6. The van der Waals surface area contributed by atoms with Crippen molar-refractivity contribution in [3.05, 3.63) is 29.8 Å². The maximum Gasteiger partial charge on any atom is 0.208 e. The third-order valence-electron chi connectivity index (χ3n) is 6.16. The van der Waals surface area contributed by atoms with Crippen LogP contribution in [0.4, 0.5) is 5.13 Å². The summed E-state index contributed by atoms with van der Waals surface area (Å²) in [5, 5.41) is 10.7. The number of nitrogens with zero attached hydrogens (tertiary/aromatic N) is 4. The first-order valence-electron chi connectivity index (χ1n) is 10.0. The number of piperidine rings is 2. The second-order valence-electron chi connectivity index (χ2n) is 8.06. The molecule has 5 nitrogen and oxygen atoms in total. The molecule has 0 spiro atoms. The van der Waals surface area contributed by atoms with Gasteiger partial charge in [0, 0.05) is 29.8 Å². The van der Waals surface area contributed by atoms with Gasteiger partial charge in [0.2, 0.25) is 5.13 Å². The Morgan fingerprint density at radius 3 is 2.52 bits per heavy atom. The van der Waals surface area contributed by atoms with Gasteiger partial charge in [-0.25, -0.2) is 0 Å². The number of Topliss-reactive ketones (excluding diaryl/α,β-unsaturated/α-hetero) is 1. The molecule has 27 heavy (non-hydrogen) atoms. The second kappa shape index (κ2) is 7.68. The lowest BCUT2D eigenvalue weighted by atomic mass is 9.86. The van der Waals surface area contributed by atoms with Crippen molar-refractivity contribution in [2.75, 3.05) is 31.1 Å². The molecule has 0 aliphatic carbocycles. The van der Waals surface area contributed by atoms with Gasteiger partial charge in [0.25, 0.3) is 0 Å². The van der Waals surface area contributed by atoms with E-state index in [1.54, 1.807) is 18.3 Å². The first kappa shape index (κ1) is 18.6. The smallest absolute Gasteiger partial charge is 0.208 e. The second-order valence-corrected chi connectivity index (χ2v) is 9.01. The normalized spacial score (nSPS) is 20.6. The molecule has 0 bridgehead atoms. The third-order valence-corrected chi connectivity index (χ3v) is 7.19. The fourth-order valence-corrected chi connectivity index (χ4v) is 5.15. The third kappa shape index (κ3) is 3.92. The number of anilines is 1. The molecule has 1 aromatic carbocycles. The highest BCUT2D eigenvalue weighted by Gasteiger charge is 2.36. The van der Waals surface area contributed by atoms with Crippen molar-refractivity contribution < 1.29 is 4.79 Å². The lowest BCUT2D eigenvalue weighted by Crippen LogP contribution is -2.55. The molecule has 0 saturated carbocycles. The van der Waals surface area contributed by atoms with Gasteiger partial charge in [-0.15, -0.1) is 10.2 Å². The van der Waals surface area contributed by atoms with Crippen molar-refractivity contribution in [2.24, 2.45) is 0 Å². The fraction of sp³-hybridized carbons (Fsp3) is 0.571. The van der Waals surface area contributed by atoms with Crippen molar-refractivity contribution in [1.29, 1.82) is 0 Å². The molecule has 0 atom stereocenters. The van der Waals surface area contributed by atoms with Crippen LogP contribution in [0.25, 0.3) is 10.6 Å². The summed E-state index contributed by atoms with van der Waals surface area (Å²) in [4.78, 5) is 16.7. The summed E-state index contributed by atoms with van der Waals surface area (Å²) < 4.78 is 0. The first-order valence-corrected chi connectivity index (χ1v) is 10.8. The Morgan fingerprint density at radius 1 is 1.07 bits per heavy atom. The number of carbonyl (C=O) groups excluding carboxylic acids is 1. The molecule has 0 N–H and O–H groups in total. The van der Waals surface area contributed by atoms with Crippen LogP contribution in [0, 0.1) is 0 Å². The predicted molar refractivity (Wildman–Crippen MR) is 111 cm³/mol. The van der Waals surface area contributed by atoms with Gasteiger partial charge in [0.05, 0.1) is 0 Å². The molecule has 2 aliphatic heterocycles. The highest BCUT2D eigenvalue weighted by molar-refractivity contribution is 7.18. The monoisotopic (exact) mass is 384 g/mol. The van der Waals surface area contributed by atoms with Gasteiger partial charge in [-0.2, -0.15) is 0 Å². The molecule has 0 amide bonds. The van der Waals surface area contributed by atoms with E-state index in [1.165, 1.54) is 45.2 Å². The van der Waals surface area contributed by atoms with E-state index in [-0.39, 0.29) is 5.78 Å². The minimum absolute atomic E-state index is 0.0783. The Bertz CT molecular complexity index is 804. The van der Waals surface area contributed by atoms with E-state index in [2.05, 4.69) is 26.9 Å². The lowest BCUT2D eigenvalue weighted by molar-refractivity contribution is 0.0593. The summed E-state index contributed by atoms with van der Waals surface area (Å²) in [5.74, 6) is 0.0783. The van der Waals surface area contributed by atoms with Crippen LogP contribution in [0.5, 0.6) is 0 Å². The van der Waals surface area contributed by atoms with Gasteiger partial charge in [-0.3, -0.25) is 9.69 Å². The van der Waals surface area contributed by atoms with Gasteiger partial charge in [0.15, 0.2) is 5.78 Å². The summed E-state index contributed by atoms with van der Waals surface area (Å²) in [6.45, 7) is 8.62. The van der Waals surface area contributed by atoms with E-state index < -0.39 is 0 Å². The molecule has 1 aromatic heterocycles. The standard InChI is InChI=1S/C21H28N4OS/c1-16(26)17-7-6-8-18(15-17)19-22-23-20(27-19)24-13-9-21(2,10-14-24)25-11-4-3-5-12-25/h6-8,15H,3-5,9-14H2,1-2H3. The zero-order valence-electron chi connectivity index (χ0n) is 16.3. The van der Waals surface area contributed by atoms with Gasteiger partial charge in [-0.05, 0) is 58.7 Å². The minimum Gasteiger partial charge on any atom is -0.347 e. The van der Waals surface area contributed by atoms with Crippen molar-refractivity contribution in [1.82, 2.24) is 15.1 Å². The minimum atomic E-state index is 0.0783. The Balaban J connectivity index is 1.44. The van der Waals surface area contributed by atoms with Crippen molar-refractivity contribution in [3.8, 4) is 10.6 Å². The zero-order chi connectivity index (χ0) is 18.9. The van der Waals surface area contributed by atoms with Crippen LogP contribution in [-0.2, 0) is 0 Å². The number of ketones is 1. The Hall–Kier alpha value is -1.79. The molecule has 2 saturated heterocycles. The molecule has 3 heterocycles. The number of hydrogen-bond donors (Lipinski definition) is 0. The summed E-state index contributed by atoms with van der Waals surface area (Å²) in [5.41, 5.74) is 2.03. The summed E-state index contributed by atoms with van der Waals surface area (Å²) >= 11 is 1.63. The van der Waals surface area contributed by atoms with Gasteiger partial charge in [-0.1, -0.05) is 36.0 Å². The van der Waals surface area contributed by atoms with Crippen LogP contribution in [0.3, 0.4) is 0 Å². The molecule has 2 fully saturated rings. The van der Waals surface area contributed by atoms with E-state index in [0.29, 0.717) is 5.54 Å². The van der Waals surface area contributed by atoms with Crippen LogP contribution in [0.2, 0.25) is 0 Å². The quantitative estimate of drug-likeness (QED) is 0.738. The summed E-state index contributed by atoms with van der Waals surface area (Å²) in [7, 11) is 0. The Labute approximate surface area is 165 Å². The number of likely N-dealkylation sites (tertiary alicyclic amines) is 1. The fourth-order valence-electron chi connectivity index (χ4n) is 4.26. The van der Waals surface area contributed by atoms with E-state index in [1.807, 2.05) is 24.3 Å². The molecular formula is C21H28N4OS. The lowest BCUT2D eigenvalue weighted by Gasteiger charge is -2.48. The van der Waals surface area contributed by atoms with E-state index >= 15 is 0 Å². The van der Waals surface area contributed by atoms with Gasteiger partial charge < -0.3 is 4.90 Å². The van der Waals surface area contributed by atoms with Crippen LogP contribution in [0.15, 0.2) is 24.3 Å². The number of aromatic nitrogens is 2. The van der Waals surface area contributed by atoms with Crippen molar-refractivity contribution in [3.63, 3.8) is 0 Å². The van der Waals surface area contributed by atoms with E-state index in [0.717, 1.165) is 34.4 Å². The van der Waals surface area contributed by atoms with E-state index in [9.17, 15) is 4.79 Å². The summed E-state index contributed by atoms with van der Waals surface area (Å²) in [6.07, 6.45) is 6.44. The van der Waals surface area contributed by atoms with Crippen LogP contribution >= 0.6 is 11.3 Å².